The molecule has 1 aromatic carbocycles. The summed E-state index contributed by atoms with van der Waals surface area (Å²) in [5, 5.41) is 0. The van der Waals surface area contributed by atoms with Gasteiger partial charge in [0, 0.05) is 37.8 Å². The first kappa shape index (κ1) is 16.6. The van der Waals surface area contributed by atoms with Gasteiger partial charge in [0.2, 0.25) is 0 Å². The normalized spacial score (nSPS) is 18.7. The Morgan fingerprint density at radius 2 is 2.09 bits per heavy atom. The van der Waals surface area contributed by atoms with Gasteiger partial charge in [-0.1, -0.05) is 24.8 Å². The Hall–Kier alpha value is -1.74. The van der Waals surface area contributed by atoms with E-state index in [9.17, 15) is 0 Å². The maximum Gasteiger partial charge on any atom is 0.119 e. The van der Waals surface area contributed by atoms with Gasteiger partial charge < -0.3 is 14.5 Å². The monoisotopic (exact) mass is 300 g/mol. The number of hydrogen-bond acceptors (Lipinski definition) is 3. The lowest BCUT2D eigenvalue weighted by molar-refractivity contribution is 0.285. The van der Waals surface area contributed by atoms with E-state index in [0.29, 0.717) is 5.92 Å². The molecular weight excluding hydrogens is 272 g/mol. The van der Waals surface area contributed by atoms with Crippen LogP contribution in [0, 0.1) is 5.92 Å². The van der Waals surface area contributed by atoms with Gasteiger partial charge in [-0.15, -0.1) is 0 Å². The van der Waals surface area contributed by atoms with Crippen molar-refractivity contribution in [3.05, 3.63) is 48.2 Å². The average molecular weight is 300 g/mol. The van der Waals surface area contributed by atoms with Gasteiger partial charge in [-0.05, 0) is 44.2 Å². The first-order chi connectivity index (χ1) is 10.6. The quantitative estimate of drug-likeness (QED) is 0.800. The molecule has 22 heavy (non-hydrogen) atoms. The van der Waals surface area contributed by atoms with Crippen molar-refractivity contribution in [2.24, 2.45) is 5.92 Å². The van der Waals surface area contributed by atoms with Crippen LogP contribution in [-0.2, 0) is 0 Å². The van der Waals surface area contributed by atoms with Crippen LogP contribution < -0.4 is 4.74 Å². The van der Waals surface area contributed by atoms with Gasteiger partial charge >= 0.3 is 0 Å². The number of likely N-dealkylation sites (N-methyl/N-ethyl adjacent to an activating group) is 1. The summed E-state index contributed by atoms with van der Waals surface area (Å²) >= 11 is 0. The fourth-order valence-corrected chi connectivity index (χ4v) is 3.12. The molecule has 120 valence electrons. The van der Waals surface area contributed by atoms with Crippen molar-refractivity contribution in [2.45, 2.75) is 13.8 Å². The third-order valence-corrected chi connectivity index (χ3v) is 4.39. The smallest absolute Gasteiger partial charge is 0.119 e. The van der Waals surface area contributed by atoms with E-state index in [0.717, 1.165) is 31.9 Å². The van der Waals surface area contributed by atoms with Crippen molar-refractivity contribution in [2.75, 3.05) is 40.3 Å². The molecule has 0 saturated carbocycles. The third-order valence-electron chi connectivity index (χ3n) is 4.39. The van der Waals surface area contributed by atoms with Crippen LogP contribution in [0.5, 0.6) is 5.75 Å². The Kier molecular flexibility index (Phi) is 5.67. The van der Waals surface area contributed by atoms with Crippen LogP contribution in [0.2, 0.25) is 0 Å². The van der Waals surface area contributed by atoms with Gasteiger partial charge in [0.1, 0.15) is 5.75 Å². The van der Waals surface area contributed by atoms with Gasteiger partial charge in [0.05, 0.1) is 7.11 Å². The molecule has 1 aliphatic rings. The van der Waals surface area contributed by atoms with E-state index in [1.807, 2.05) is 6.07 Å². The largest absolute Gasteiger partial charge is 0.497 e. The molecule has 0 aromatic heterocycles. The number of benzene rings is 1. The van der Waals surface area contributed by atoms with Crippen LogP contribution in [0.25, 0.3) is 5.57 Å². The van der Waals surface area contributed by atoms with Crippen LogP contribution in [0.1, 0.15) is 19.4 Å². The second-order valence-electron chi connectivity index (χ2n) is 5.89. The summed E-state index contributed by atoms with van der Waals surface area (Å²) in [6.45, 7) is 12.7. The maximum absolute atomic E-state index is 5.35. The van der Waals surface area contributed by atoms with Gasteiger partial charge in [0.25, 0.3) is 0 Å². The molecule has 0 bridgehead atoms. The van der Waals surface area contributed by atoms with E-state index in [1.54, 1.807) is 7.11 Å². The minimum Gasteiger partial charge on any atom is -0.497 e. The Morgan fingerprint density at radius 1 is 1.36 bits per heavy atom. The van der Waals surface area contributed by atoms with Crippen LogP contribution in [-0.4, -0.2) is 50.1 Å². The van der Waals surface area contributed by atoms with E-state index in [-0.39, 0.29) is 0 Å². The SMILES string of the molecule is C=C(C1C=C(c2cccc(OC)c2)CN(C)C1)N(CC)CC. The summed E-state index contributed by atoms with van der Waals surface area (Å²) < 4.78 is 5.35. The molecule has 1 atom stereocenters. The highest BCUT2D eigenvalue weighted by atomic mass is 16.5. The number of rotatable bonds is 6. The predicted octanol–water partition coefficient (Wildman–Crippen LogP) is 3.50. The van der Waals surface area contributed by atoms with E-state index in [1.165, 1.54) is 16.8 Å². The summed E-state index contributed by atoms with van der Waals surface area (Å²) in [6, 6.07) is 8.31. The highest BCUT2D eigenvalue weighted by Gasteiger charge is 2.23. The number of hydrogen-bond donors (Lipinski definition) is 0. The molecule has 1 aromatic rings. The fourth-order valence-electron chi connectivity index (χ4n) is 3.12. The summed E-state index contributed by atoms with van der Waals surface area (Å²) in [6.07, 6.45) is 2.38. The van der Waals surface area contributed by atoms with Crippen molar-refractivity contribution >= 4 is 5.57 Å². The molecule has 0 radical (unpaired) electrons. The summed E-state index contributed by atoms with van der Waals surface area (Å²) in [4.78, 5) is 4.72. The van der Waals surface area contributed by atoms with Gasteiger partial charge in [-0.3, -0.25) is 0 Å². The second kappa shape index (κ2) is 7.50. The molecule has 2 rings (SSSR count). The lowest BCUT2D eigenvalue weighted by Gasteiger charge is -2.35. The Labute approximate surface area is 134 Å². The highest BCUT2D eigenvalue weighted by Crippen LogP contribution is 2.29. The van der Waals surface area contributed by atoms with Crippen molar-refractivity contribution in [1.82, 2.24) is 9.80 Å². The Morgan fingerprint density at radius 3 is 2.73 bits per heavy atom. The van der Waals surface area contributed by atoms with Gasteiger partial charge in [0.15, 0.2) is 0 Å². The van der Waals surface area contributed by atoms with Gasteiger partial charge in [-0.2, -0.15) is 0 Å². The van der Waals surface area contributed by atoms with E-state index < -0.39 is 0 Å². The molecule has 1 heterocycles. The molecule has 0 fully saturated rings. The predicted molar refractivity (Wildman–Crippen MR) is 94.0 cm³/mol. The fraction of sp³-hybridized carbons (Fsp3) is 0.474. The molecule has 0 N–H and O–H groups in total. The number of methoxy groups -OCH3 is 1. The highest BCUT2D eigenvalue weighted by molar-refractivity contribution is 5.69. The van der Waals surface area contributed by atoms with Crippen molar-refractivity contribution in [3.8, 4) is 5.75 Å². The Balaban J connectivity index is 2.28. The van der Waals surface area contributed by atoms with Crippen LogP contribution >= 0.6 is 0 Å². The van der Waals surface area contributed by atoms with Gasteiger partial charge in [-0.25, -0.2) is 0 Å². The lowest BCUT2D eigenvalue weighted by atomic mass is 9.92. The molecule has 3 heteroatoms. The van der Waals surface area contributed by atoms with Crippen LogP contribution in [0.3, 0.4) is 0 Å². The van der Waals surface area contributed by atoms with E-state index in [2.05, 4.69) is 61.5 Å². The molecule has 1 unspecified atom stereocenters. The zero-order chi connectivity index (χ0) is 16.1. The molecule has 0 amide bonds. The Bertz CT molecular complexity index is 546. The minimum absolute atomic E-state index is 0.375. The van der Waals surface area contributed by atoms with Crippen molar-refractivity contribution in [3.63, 3.8) is 0 Å². The average Bonchev–Trinajstić information content (AvgIpc) is 2.55. The summed E-state index contributed by atoms with van der Waals surface area (Å²) in [7, 11) is 3.89. The van der Waals surface area contributed by atoms with E-state index >= 15 is 0 Å². The molecule has 0 saturated heterocycles. The molecule has 0 aliphatic carbocycles. The number of ether oxygens (including phenoxy) is 1. The molecular formula is C19H28N2O. The second-order valence-corrected chi connectivity index (χ2v) is 5.89. The standard InChI is InChI=1S/C19H28N2O/c1-6-21(7-2)15(3)17-11-18(14-20(4)13-17)16-9-8-10-19(12-16)22-5/h8-12,17H,3,6-7,13-14H2,1-2,4-5H3. The van der Waals surface area contributed by atoms with Crippen LogP contribution in [0.15, 0.2) is 42.6 Å². The zero-order valence-corrected chi connectivity index (χ0v) is 14.3. The lowest BCUT2D eigenvalue weighted by Crippen LogP contribution is -2.36. The van der Waals surface area contributed by atoms with Crippen molar-refractivity contribution < 1.29 is 4.74 Å². The maximum atomic E-state index is 5.35. The number of nitrogens with zero attached hydrogens (tertiary/aromatic N) is 2. The van der Waals surface area contributed by atoms with Crippen LogP contribution in [0.4, 0.5) is 0 Å². The molecule has 0 spiro atoms. The topological polar surface area (TPSA) is 15.7 Å². The first-order valence-corrected chi connectivity index (χ1v) is 8.06. The summed E-state index contributed by atoms with van der Waals surface area (Å²) in [5.74, 6) is 1.28. The van der Waals surface area contributed by atoms with Crippen molar-refractivity contribution in [1.29, 1.82) is 0 Å². The minimum atomic E-state index is 0.375. The summed E-state index contributed by atoms with van der Waals surface area (Å²) in [5.41, 5.74) is 3.81. The molecule has 1 aliphatic heterocycles. The zero-order valence-electron chi connectivity index (χ0n) is 14.3. The third kappa shape index (κ3) is 3.72. The van der Waals surface area contributed by atoms with E-state index in [4.69, 9.17) is 4.74 Å². The molecule has 3 nitrogen and oxygen atoms in total. The first-order valence-electron chi connectivity index (χ1n) is 8.06.